The largest absolute Gasteiger partial charge is 0.352 e. The van der Waals surface area contributed by atoms with E-state index >= 15 is 0 Å². The Morgan fingerprint density at radius 1 is 1.40 bits per heavy atom. The molecule has 1 amide bonds. The van der Waals surface area contributed by atoms with Crippen molar-refractivity contribution in [1.82, 2.24) is 10.3 Å². The van der Waals surface area contributed by atoms with Crippen molar-refractivity contribution in [2.75, 3.05) is 6.54 Å². The molecule has 0 saturated carbocycles. The monoisotopic (exact) mass is 356 g/mol. The number of nitrogens with zero attached hydrogens (tertiary/aromatic N) is 1. The summed E-state index contributed by atoms with van der Waals surface area (Å²) in [6, 6.07) is 7.90. The van der Waals surface area contributed by atoms with E-state index in [9.17, 15) is 9.18 Å². The van der Waals surface area contributed by atoms with Crippen LogP contribution in [0.4, 0.5) is 4.39 Å². The van der Waals surface area contributed by atoms with Gasteiger partial charge in [-0.05, 0) is 46.1 Å². The molecule has 0 fully saturated rings. The first-order chi connectivity index (χ1) is 9.56. The van der Waals surface area contributed by atoms with Crippen LogP contribution in [0.3, 0.4) is 0 Å². The van der Waals surface area contributed by atoms with Gasteiger partial charge in [-0.2, -0.15) is 0 Å². The summed E-state index contributed by atoms with van der Waals surface area (Å²) < 4.78 is 13.6. The van der Waals surface area contributed by atoms with Crippen LogP contribution in [0.5, 0.6) is 0 Å². The van der Waals surface area contributed by atoms with Crippen molar-refractivity contribution in [3.05, 3.63) is 63.1 Å². The molecule has 1 N–H and O–H groups in total. The lowest BCUT2D eigenvalue weighted by Gasteiger charge is -2.06. The van der Waals surface area contributed by atoms with Crippen LogP contribution in [0.1, 0.15) is 15.9 Å². The predicted octanol–water partition coefficient (Wildman–Crippen LogP) is 3.61. The fourth-order valence-electron chi connectivity index (χ4n) is 1.66. The topological polar surface area (TPSA) is 42.0 Å². The lowest BCUT2D eigenvalue weighted by molar-refractivity contribution is 0.0953. The zero-order valence-electron chi connectivity index (χ0n) is 10.4. The Labute approximate surface area is 129 Å². The maximum absolute atomic E-state index is 13.0. The normalized spacial score (nSPS) is 10.3. The lowest BCUT2D eigenvalue weighted by atomic mass is 10.1. The number of amides is 1. The number of pyridine rings is 1. The number of rotatable bonds is 4. The Bertz CT molecular complexity index is 636. The summed E-state index contributed by atoms with van der Waals surface area (Å²) in [5.74, 6) is -0.522. The van der Waals surface area contributed by atoms with Crippen LogP contribution in [-0.2, 0) is 6.42 Å². The van der Waals surface area contributed by atoms with E-state index in [1.54, 1.807) is 12.1 Å². The summed E-state index contributed by atoms with van der Waals surface area (Å²) in [4.78, 5) is 15.8. The minimum Gasteiger partial charge on any atom is -0.352 e. The molecular weight excluding hydrogens is 347 g/mol. The summed E-state index contributed by atoms with van der Waals surface area (Å²) in [5.41, 5.74) is 1.25. The minimum atomic E-state index is -0.278. The van der Waals surface area contributed by atoms with Gasteiger partial charge in [0.25, 0.3) is 5.91 Å². The van der Waals surface area contributed by atoms with Gasteiger partial charge < -0.3 is 5.32 Å². The SMILES string of the molecule is O=C(NCCc1cccc(F)c1)c1cnc(Cl)c(Br)c1. The number of nitrogens with one attached hydrogen (secondary N) is 1. The lowest BCUT2D eigenvalue weighted by Crippen LogP contribution is -2.25. The molecule has 0 aliphatic heterocycles. The van der Waals surface area contributed by atoms with Crippen LogP contribution >= 0.6 is 27.5 Å². The number of aromatic nitrogens is 1. The van der Waals surface area contributed by atoms with E-state index in [-0.39, 0.29) is 11.7 Å². The van der Waals surface area contributed by atoms with Gasteiger partial charge >= 0.3 is 0 Å². The summed E-state index contributed by atoms with van der Waals surface area (Å²) >= 11 is 8.97. The van der Waals surface area contributed by atoms with Gasteiger partial charge in [-0.1, -0.05) is 23.7 Å². The number of benzene rings is 1. The summed E-state index contributed by atoms with van der Waals surface area (Å²) in [6.45, 7) is 0.419. The van der Waals surface area contributed by atoms with Crippen molar-refractivity contribution >= 4 is 33.4 Å². The van der Waals surface area contributed by atoms with E-state index in [1.165, 1.54) is 18.3 Å². The molecular formula is C14H11BrClFN2O. The van der Waals surface area contributed by atoms with Crippen LogP contribution in [-0.4, -0.2) is 17.4 Å². The smallest absolute Gasteiger partial charge is 0.252 e. The Morgan fingerprint density at radius 3 is 2.90 bits per heavy atom. The average molecular weight is 358 g/mol. The Balaban J connectivity index is 1.90. The van der Waals surface area contributed by atoms with Gasteiger partial charge in [0, 0.05) is 12.7 Å². The van der Waals surface area contributed by atoms with E-state index in [1.807, 2.05) is 6.07 Å². The molecule has 2 aromatic rings. The first kappa shape index (κ1) is 14.9. The standard InChI is InChI=1S/C14H11BrClFN2O/c15-12-7-10(8-19-13(12)16)14(20)18-5-4-9-2-1-3-11(17)6-9/h1-3,6-8H,4-5H2,(H,18,20). The second kappa shape index (κ2) is 6.81. The van der Waals surface area contributed by atoms with Crippen molar-refractivity contribution < 1.29 is 9.18 Å². The quantitative estimate of drug-likeness (QED) is 0.849. The van der Waals surface area contributed by atoms with Crippen molar-refractivity contribution in [3.63, 3.8) is 0 Å². The van der Waals surface area contributed by atoms with Crippen LogP contribution in [0.2, 0.25) is 5.15 Å². The molecule has 0 radical (unpaired) electrons. The van der Waals surface area contributed by atoms with Crippen molar-refractivity contribution in [2.45, 2.75) is 6.42 Å². The van der Waals surface area contributed by atoms with E-state index in [0.29, 0.717) is 28.2 Å². The third-order valence-corrected chi connectivity index (χ3v) is 3.78. The molecule has 104 valence electrons. The highest BCUT2D eigenvalue weighted by Gasteiger charge is 2.08. The van der Waals surface area contributed by atoms with Gasteiger partial charge in [0.1, 0.15) is 11.0 Å². The summed E-state index contributed by atoms with van der Waals surface area (Å²) in [6.07, 6.45) is 1.97. The van der Waals surface area contributed by atoms with Gasteiger partial charge in [0.15, 0.2) is 0 Å². The van der Waals surface area contributed by atoms with Crippen molar-refractivity contribution in [2.24, 2.45) is 0 Å². The van der Waals surface area contributed by atoms with Gasteiger partial charge in [-0.25, -0.2) is 9.37 Å². The highest BCUT2D eigenvalue weighted by Crippen LogP contribution is 2.20. The first-order valence-electron chi connectivity index (χ1n) is 5.90. The number of hydrogen-bond donors (Lipinski definition) is 1. The molecule has 20 heavy (non-hydrogen) atoms. The minimum absolute atomic E-state index is 0.244. The zero-order valence-corrected chi connectivity index (χ0v) is 12.7. The fraction of sp³-hybridized carbons (Fsp3) is 0.143. The second-order valence-corrected chi connectivity index (χ2v) is 5.34. The molecule has 1 aromatic heterocycles. The van der Waals surface area contributed by atoms with Crippen LogP contribution in [0, 0.1) is 5.82 Å². The number of carbonyl (C=O) groups excluding carboxylic acids is 1. The number of hydrogen-bond acceptors (Lipinski definition) is 2. The van der Waals surface area contributed by atoms with E-state index < -0.39 is 0 Å². The highest BCUT2D eigenvalue weighted by atomic mass is 79.9. The van der Waals surface area contributed by atoms with Crippen LogP contribution in [0.25, 0.3) is 0 Å². The van der Waals surface area contributed by atoms with E-state index in [0.717, 1.165) is 5.56 Å². The molecule has 1 aromatic carbocycles. The zero-order chi connectivity index (χ0) is 14.5. The van der Waals surface area contributed by atoms with E-state index in [4.69, 9.17) is 11.6 Å². The van der Waals surface area contributed by atoms with Gasteiger partial charge in [-0.3, -0.25) is 4.79 Å². The van der Waals surface area contributed by atoms with Crippen molar-refractivity contribution in [1.29, 1.82) is 0 Å². The van der Waals surface area contributed by atoms with Crippen LogP contribution < -0.4 is 5.32 Å². The molecule has 0 atom stereocenters. The van der Waals surface area contributed by atoms with E-state index in [2.05, 4.69) is 26.2 Å². The van der Waals surface area contributed by atoms with Crippen molar-refractivity contribution in [3.8, 4) is 0 Å². The summed E-state index contributed by atoms with van der Waals surface area (Å²) in [5, 5.41) is 3.06. The number of carbonyl (C=O) groups is 1. The molecule has 0 spiro atoms. The summed E-state index contributed by atoms with van der Waals surface area (Å²) in [7, 11) is 0. The second-order valence-electron chi connectivity index (χ2n) is 4.13. The molecule has 0 bridgehead atoms. The molecule has 6 heteroatoms. The third kappa shape index (κ3) is 4.02. The average Bonchev–Trinajstić information content (AvgIpc) is 2.42. The maximum atomic E-state index is 13.0. The Morgan fingerprint density at radius 2 is 2.20 bits per heavy atom. The highest BCUT2D eigenvalue weighted by molar-refractivity contribution is 9.10. The molecule has 0 unspecified atom stereocenters. The third-order valence-electron chi connectivity index (χ3n) is 2.65. The van der Waals surface area contributed by atoms with Gasteiger partial charge in [0.2, 0.25) is 0 Å². The maximum Gasteiger partial charge on any atom is 0.252 e. The Kier molecular flexibility index (Phi) is 5.09. The molecule has 1 heterocycles. The molecule has 0 aliphatic carbocycles. The molecule has 0 saturated heterocycles. The molecule has 2 rings (SSSR count). The number of halogens is 3. The first-order valence-corrected chi connectivity index (χ1v) is 7.07. The molecule has 3 nitrogen and oxygen atoms in total. The predicted molar refractivity (Wildman–Crippen MR) is 79.4 cm³/mol. The Hall–Kier alpha value is -1.46. The van der Waals surface area contributed by atoms with Gasteiger partial charge in [0.05, 0.1) is 10.0 Å². The molecule has 0 aliphatic rings. The van der Waals surface area contributed by atoms with Crippen LogP contribution in [0.15, 0.2) is 41.0 Å². The fourth-order valence-corrected chi connectivity index (χ4v) is 2.11. The van der Waals surface area contributed by atoms with Gasteiger partial charge in [-0.15, -0.1) is 0 Å².